The van der Waals surface area contributed by atoms with Gasteiger partial charge in [0.15, 0.2) is 0 Å². The SMILES string of the molecule is O=C1NCC2COCc3ccccc3N12. The first-order chi connectivity index (χ1) is 7.36. The number of amides is 2. The van der Waals surface area contributed by atoms with Crippen molar-refractivity contribution < 1.29 is 9.53 Å². The first-order valence-corrected chi connectivity index (χ1v) is 5.09. The molecule has 2 amide bonds. The molecule has 78 valence electrons. The Hall–Kier alpha value is -1.55. The Labute approximate surface area is 87.8 Å². The van der Waals surface area contributed by atoms with Crippen LogP contribution in [0.3, 0.4) is 0 Å². The van der Waals surface area contributed by atoms with E-state index in [1.165, 1.54) is 0 Å². The van der Waals surface area contributed by atoms with Crippen LogP contribution in [0.1, 0.15) is 5.56 Å². The summed E-state index contributed by atoms with van der Waals surface area (Å²) < 4.78 is 5.55. The Morgan fingerprint density at radius 2 is 2.27 bits per heavy atom. The van der Waals surface area contributed by atoms with Crippen LogP contribution in [0.4, 0.5) is 10.5 Å². The molecule has 15 heavy (non-hydrogen) atoms. The van der Waals surface area contributed by atoms with Crippen molar-refractivity contribution in [3.63, 3.8) is 0 Å². The minimum Gasteiger partial charge on any atom is -0.374 e. The number of nitrogens with zero attached hydrogens (tertiary/aromatic N) is 1. The average molecular weight is 204 g/mol. The summed E-state index contributed by atoms with van der Waals surface area (Å²) in [5, 5.41) is 2.84. The molecule has 1 fully saturated rings. The largest absolute Gasteiger partial charge is 0.374 e. The van der Waals surface area contributed by atoms with E-state index in [0.717, 1.165) is 11.3 Å². The number of urea groups is 1. The van der Waals surface area contributed by atoms with Gasteiger partial charge in [-0.3, -0.25) is 4.90 Å². The highest BCUT2D eigenvalue weighted by Crippen LogP contribution is 2.28. The summed E-state index contributed by atoms with van der Waals surface area (Å²) in [6.45, 7) is 1.87. The Morgan fingerprint density at radius 3 is 3.20 bits per heavy atom. The number of benzene rings is 1. The van der Waals surface area contributed by atoms with Crippen LogP contribution in [-0.2, 0) is 11.3 Å². The van der Waals surface area contributed by atoms with E-state index < -0.39 is 0 Å². The minimum absolute atomic E-state index is 0.0158. The molecule has 4 nitrogen and oxygen atoms in total. The zero-order valence-corrected chi connectivity index (χ0v) is 8.27. The lowest BCUT2D eigenvalue weighted by Gasteiger charge is -2.20. The molecule has 4 heteroatoms. The van der Waals surface area contributed by atoms with Gasteiger partial charge >= 0.3 is 6.03 Å². The molecule has 0 radical (unpaired) electrons. The van der Waals surface area contributed by atoms with Crippen LogP contribution in [0, 0.1) is 0 Å². The fourth-order valence-electron chi connectivity index (χ4n) is 2.16. The van der Waals surface area contributed by atoms with E-state index in [-0.39, 0.29) is 12.1 Å². The molecule has 1 atom stereocenters. The second-order valence-corrected chi connectivity index (χ2v) is 3.85. The fraction of sp³-hybridized carbons (Fsp3) is 0.364. The number of rotatable bonds is 0. The van der Waals surface area contributed by atoms with E-state index in [9.17, 15) is 4.79 Å². The number of carbonyl (C=O) groups is 1. The number of anilines is 1. The second-order valence-electron chi connectivity index (χ2n) is 3.85. The van der Waals surface area contributed by atoms with E-state index in [1.54, 1.807) is 0 Å². The number of ether oxygens (including phenoxy) is 1. The standard InChI is InChI=1S/C11H12N2O2/c14-11-12-5-9-7-15-6-8-3-1-2-4-10(8)13(9)11/h1-4,9H,5-7H2,(H,12,14). The predicted octanol–water partition coefficient (Wildman–Crippen LogP) is 1.11. The van der Waals surface area contributed by atoms with E-state index in [0.29, 0.717) is 19.8 Å². The molecular formula is C11H12N2O2. The van der Waals surface area contributed by atoms with Gasteiger partial charge in [-0.1, -0.05) is 18.2 Å². The van der Waals surface area contributed by atoms with Crippen molar-refractivity contribution in [2.45, 2.75) is 12.6 Å². The van der Waals surface area contributed by atoms with Crippen LogP contribution in [0.5, 0.6) is 0 Å². The van der Waals surface area contributed by atoms with E-state index >= 15 is 0 Å². The van der Waals surface area contributed by atoms with E-state index in [1.807, 2.05) is 29.2 Å². The Morgan fingerprint density at radius 1 is 1.40 bits per heavy atom. The Kier molecular flexibility index (Phi) is 1.89. The number of fused-ring (bicyclic) bond motifs is 3. The number of para-hydroxylation sites is 1. The van der Waals surface area contributed by atoms with Crippen LogP contribution in [0.25, 0.3) is 0 Å². The topological polar surface area (TPSA) is 41.6 Å². The smallest absolute Gasteiger partial charge is 0.322 e. The van der Waals surface area contributed by atoms with Gasteiger partial charge in [0.1, 0.15) is 0 Å². The molecule has 1 aromatic carbocycles. The van der Waals surface area contributed by atoms with Gasteiger partial charge in [0.2, 0.25) is 0 Å². The molecule has 0 spiro atoms. The van der Waals surface area contributed by atoms with Gasteiger partial charge in [-0.15, -0.1) is 0 Å². The fourth-order valence-corrected chi connectivity index (χ4v) is 2.16. The third-order valence-electron chi connectivity index (χ3n) is 2.89. The maximum absolute atomic E-state index is 11.7. The van der Waals surface area contributed by atoms with Crippen molar-refractivity contribution in [1.82, 2.24) is 5.32 Å². The van der Waals surface area contributed by atoms with Gasteiger partial charge < -0.3 is 10.1 Å². The molecule has 2 aliphatic heterocycles. The molecule has 2 aliphatic rings. The molecule has 1 N–H and O–H groups in total. The van der Waals surface area contributed by atoms with Crippen molar-refractivity contribution >= 4 is 11.7 Å². The molecule has 3 rings (SSSR count). The summed E-state index contributed by atoms with van der Waals surface area (Å²) in [4.78, 5) is 13.5. The number of nitrogens with one attached hydrogen (secondary N) is 1. The zero-order valence-electron chi connectivity index (χ0n) is 8.27. The predicted molar refractivity (Wildman–Crippen MR) is 55.8 cm³/mol. The molecule has 0 saturated carbocycles. The molecule has 0 bridgehead atoms. The quantitative estimate of drug-likeness (QED) is 0.688. The summed E-state index contributed by atoms with van der Waals surface area (Å²) in [6.07, 6.45) is 0. The molecule has 0 aromatic heterocycles. The van der Waals surface area contributed by atoms with Crippen molar-refractivity contribution in [2.24, 2.45) is 0 Å². The molecular weight excluding hydrogens is 192 g/mol. The third kappa shape index (κ3) is 1.29. The normalized spacial score (nSPS) is 24.1. The van der Waals surface area contributed by atoms with Crippen LogP contribution < -0.4 is 10.2 Å². The lowest BCUT2D eigenvalue weighted by atomic mass is 10.1. The highest BCUT2D eigenvalue weighted by atomic mass is 16.5. The maximum Gasteiger partial charge on any atom is 0.322 e. The summed E-state index contributed by atoms with van der Waals surface area (Å²) in [5.74, 6) is 0. The molecule has 1 unspecified atom stereocenters. The Balaban J connectivity index is 2.10. The van der Waals surface area contributed by atoms with Gasteiger partial charge in [-0.2, -0.15) is 0 Å². The lowest BCUT2D eigenvalue weighted by Crippen LogP contribution is -2.36. The van der Waals surface area contributed by atoms with Crippen LogP contribution in [0.2, 0.25) is 0 Å². The summed E-state index contributed by atoms with van der Waals surface area (Å²) in [7, 11) is 0. The number of carbonyl (C=O) groups excluding carboxylic acids is 1. The highest BCUT2D eigenvalue weighted by Gasteiger charge is 2.34. The maximum atomic E-state index is 11.7. The number of hydrogen-bond donors (Lipinski definition) is 1. The molecule has 2 heterocycles. The van der Waals surface area contributed by atoms with Gasteiger partial charge in [0.25, 0.3) is 0 Å². The van der Waals surface area contributed by atoms with Crippen LogP contribution in [-0.4, -0.2) is 25.2 Å². The lowest BCUT2D eigenvalue weighted by molar-refractivity contribution is 0.117. The summed E-state index contributed by atoms with van der Waals surface area (Å²) >= 11 is 0. The van der Waals surface area contributed by atoms with Crippen molar-refractivity contribution in [1.29, 1.82) is 0 Å². The third-order valence-corrected chi connectivity index (χ3v) is 2.89. The van der Waals surface area contributed by atoms with Crippen molar-refractivity contribution in [3.8, 4) is 0 Å². The van der Waals surface area contributed by atoms with Gasteiger partial charge in [0.05, 0.1) is 24.9 Å². The van der Waals surface area contributed by atoms with Crippen LogP contribution >= 0.6 is 0 Å². The molecule has 0 aliphatic carbocycles. The number of hydrogen-bond acceptors (Lipinski definition) is 2. The molecule has 1 aromatic rings. The average Bonchev–Trinajstić information content (AvgIpc) is 2.52. The second kappa shape index (κ2) is 3.24. The van der Waals surface area contributed by atoms with Crippen LogP contribution in [0.15, 0.2) is 24.3 Å². The summed E-state index contributed by atoms with van der Waals surface area (Å²) in [5.41, 5.74) is 2.06. The van der Waals surface area contributed by atoms with Gasteiger partial charge in [0, 0.05) is 12.1 Å². The van der Waals surface area contributed by atoms with Gasteiger partial charge in [-0.05, 0) is 6.07 Å². The van der Waals surface area contributed by atoms with E-state index in [4.69, 9.17) is 4.74 Å². The molecule has 1 saturated heterocycles. The Bertz CT molecular complexity index is 405. The monoisotopic (exact) mass is 204 g/mol. The highest BCUT2D eigenvalue weighted by molar-refractivity contribution is 5.95. The van der Waals surface area contributed by atoms with Crippen molar-refractivity contribution in [3.05, 3.63) is 29.8 Å². The first kappa shape index (κ1) is 8.73. The van der Waals surface area contributed by atoms with Gasteiger partial charge in [-0.25, -0.2) is 4.79 Å². The zero-order chi connectivity index (χ0) is 10.3. The van der Waals surface area contributed by atoms with Crippen molar-refractivity contribution in [2.75, 3.05) is 18.1 Å². The first-order valence-electron chi connectivity index (χ1n) is 5.09. The summed E-state index contributed by atoms with van der Waals surface area (Å²) in [6, 6.07) is 8.02. The van der Waals surface area contributed by atoms with E-state index in [2.05, 4.69) is 5.32 Å². The minimum atomic E-state index is -0.0158.